The van der Waals surface area contributed by atoms with E-state index in [9.17, 15) is 62.3 Å². The van der Waals surface area contributed by atoms with Crippen molar-refractivity contribution in [2.24, 2.45) is 16.0 Å². The molecule has 31 heteroatoms. The number of halogens is 12. The molecule has 0 spiro atoms. The largest absolute Gasteiger partial charge is 0.492 e. The Kier molecular flexibility index (Phi) is 31.6. The summed E-state index contributed by atoms with van der Waals surface area (Å²) in [6, 6.07) is 14.6. The third-order valence-corrected chi connectivity index (χ3v) is 7.18. The number of carbonyl (C=O) groups excluding carboxylic acids is 2. The van der Waals surface area contributed by atoms with Crippen LogP contribution in [0.5, 0.6) is 11.5 Å². The highest BCUT2D eigenvalue weighted by atomic mass is 19.4. The van der Waals surface area contributed by atoms with Crippen LogP contribution in [-0.2, 0) is 28.8 Å². The molecular weight excluding hydrogens is 974 g/mol. The number of nitrogens with two attached hydrogens (primary N) is 1. The lowest BCUT2D eigenvalue weighted by molar-refractivity contribution is -0.193. The maximum atomic E-state index is 11.6. The molecule has 0 atom stereocenters. The van der Waals surface area contributed by atoms with E-state index < -0.39 is 48.6 Å². The number of carbonyl (C=O) groups is 6. The Hall–Kier alpha value is -6.60. The Labute approximate surface area is 383 Å². The van der Waals surface area contributed by atoms with Gasteiger partial charge < -0.3 is 51.6 Å². The maximum Gasteiger partial charge on any atom is 0.490 e. The van der Waals surface area contributed by atoms with E-state index in [1.54, 1.807) is 24.3 Å². The summed E-state index contributed by atoms with van der Waals surface area (Å²) in [7, 11) is 0. The van der Waals surface area contributed by atoms with Crippen molar-refractivity contribution in [2.45, 2.75) is 50.4 Å². The van der Waals surface area contributed by atoms with Crippen molar-refractivity contribution in [1.82, 2.24) is 20.9 Å². The van der Waals surface area contributed by atoms with Crippen molar-refractivity contribution in [3.63, 3.8) is 0 Å². The average Bonchev–Trinajstić information content (AvgIpc) is 3.57. The number of imide groups is 1. The van der Waals surface area contributed by atoms with Crippen LogP contribution in [0, 0.1) is 0 Å². The summed E-state index contributed by atoms with van der Waals surface area (Å²) in [5.74, 6) is -10.2. The van der Waals surface area contributed by atoms with E-state index in [4.69, 9.17) is 54.8 Å². The lowest BCUT2D eigenvalue weighted by Crippen LogP contribution is -2.33. The molecule has 69 heavy (non-hydrogen) atoms. The smallest absolute Gasteiger partial charge is 0.490 e. The summed E-state index contributed by atoms with van der Waals surface area (Å²) in [6.45, 7) is 7.69. The van der Waals surface area contributed by atoms with Gasteiger partial charge in [0.05, 0.1) is 17.9 Å². The standard InChI is InChI=1S/C30H43N7O4.4C2HF3O2/c31-15-3-18-32-16-1-2-17-33-19-4-20-34-21-23-40-27-9-5-25(6-10-27)35-36-26-7-11-28(12-8-26)41-24-22-37-29(38)13-14-30(37)39;4*3-2(4,5)1(6)7/h5-14,32-34H,1-4,15-24,31H2;4*(H,6,7). The molecule has 1 heterocycles. The van der Waals surface area contributed by atoms with Gasteiger partial charge in [0.25, 0.3) is 11.8 Å². The van der Waals surface area contributed by atoms with Gasteiger partial charge in [-0.2, -0.15) is 62.9 Å². The molecule has 390 valence electrons. The molecule has 0 aromatic heterocycles. The number of unbranched alkanes of at least 4 members (excludes halogenated alkanes) is 1. The van der Waals surface area contributed by atoms with Crippen molar-refractivity contribution in [3.8, 4) is 11.5 Å². The summed E-state index contributed by atoms with van der Waals surface area (Å²) < 4.78 is 138. The van der Waals surface area contributed by atoms with Crippen LogP contribution in [0.3, 0.4) is 0 Å². The van der Waals surface area contributed by atoms with Crippen LogP contribution < -0.4 is 31.2 Å². The fourth-order valence-electron chi connectivity index (χ4n) is 3.92. The molecule has 0 unspecified atom stereocenters. The minimum absolute atomic E-state index is 0.204. The number of benzene rings is 2. The first-order valence-corrected chi connectivity index (χ1v) is 19.4. The van der Waals surface area contributed by atoms with E-state index in [1.165, 1.54) is 25.0 Å². The molecule has 1 aliphatic heterocycles. The maximum absolute atomic E-state index is 11.6. The number of carboxylic acid groups (broad SMARTS) is 4. The number of nitrogens with one attached hydrogen (secondary N) is 3. The first kappa shape index (κ1) is 64.5. The molecule has 3 rings (SSSR count). The monoisotopic (exact) mass is 1020 g/mol. The van der Waals surface area contributed by atoms with Gasteiger partial charge in [0.1, 0.15) is 24.7 Å². The predicted molar refractivity (Wildman–Crippen MR) is 215 cm³/mol. The molecule has 0 bridgehead atoms. The van der Waals surface area contributed by atoms with E-state index in [0.29, 0.717) is 18.0 Å². The summed E-state index contributed by atoms with van der Waals surface area (Å²) >= 11 is 0. The minimum atomic E-state index is -5.08. The van der Waals surface area contributed by atoms with Crippen LogP contribution in [0.1, 0.15) is 25.7 Å². The molecule has 0 fully saturated rings. The molecular formula is C38H47F12N7O12. The van der Waals surface area contributed by atoms with Gasteiger partial charge in [0, 0.05) is 18.7 Å². The highest BCUT2D eigenvalue weighted by Crippen LogP contribution is 2.23. The summed E-state index contributed by atoms with van der Waals surface area (Å²) in [5.41, 5.74) is 6.88. The number of nitrogens with zero attached hydrogens (tertiary/aromatic N) is 3. The number of hydrogen-bond donors (Lipinski definition) is 8. The van der Waals surface area contributed by atoms with Crippen LogP contribution in [0.15, 0.2) is 70.9 Å². The molecule has 2 aromatic rings. The van der Waals surface area contributed by atoms with Crippen LogP contribution in [-0.4, -0.2) is 151 Å². The van der Waals surface area contributed by atoms with Gasteiger partial charge in [-0.25, -0.2) is 19.2 Å². The number of carboxylic acids is 4. The second-order valence-electron chi connectivity index (χ2n) is 12.7. The third-order valence-electron chi connectivity index (χ3n) is 7.18. The molecule has 9 N–H and O–H groups in total. The zero-order valence-corrected chi connectivity index (χ0v) is 35.7. The number of aliphatic carboxylic acids is 4. The van der Waals surface area contributed by atoms with Crippen molar-refractivity contribution in [1.29, 1.82) is 0 Å². The van der Waals surface area contributed by atoms with E-state index in [2.05, 4.69) is 26.2 Å². The van der Waals surface area contributed by atoms with Crippen LogP contribution in [0.2, 0.25) is 0 Å². The predicted octanol–water partition coefficient (Wildman–Crippen LogP) is 5.61. The quantitative estimate of drug-likeness (QED) is 0.0308. The lowest BCUT2D eigenvalue weighted by Gasteiger charge is -2.14. The molecule has 2 amide bonds. The van der Waals surface area contributed by atoms with Gasteiger partial charge in [0.2, 0.25) is 0 Å². The van der Waals surface area contributed by atoms with Crippen LogP contribution in [0.25, 0.3) is 0 Å². The Morgan fingerprint density at radius 3 is 1.10 bits per heavy atom. The fourth-order valence-corrected chi connectivity index (χ4v) is 3.92. The van der Waals surface area contributed by atoms with E-state index >= 15 is 0 Å². The number of rotatable bonds is 22. The van der Waals surface area contributed by atoms with Crippen LogP contribution in [0.4, 0.5) is 64.1 Å². The first-order chi connectivity index (χ1) is 31.9. The zero-order chi connectivity index (χ0) is 53.3. The topological polar surface area (TPSA) is 292 Å². The Morgan fingerprint density at radius 2 is 0.783 bits per heavy atom. The summed E-state index contributed by atoms with van der Waals surface area (Å²) in [6.07, 6.45) is -13.3. The highest BCUT2D eigenvalue weighted by Gasteiger charge is 2.40. The fraction of sp³-hybridized carbons (Fsp3) is 0.474. The second kappa shape index (κ2) is 33.8. The van der Waals surface area contributed by atoms with Gasteiger partial charge in [0.15, 0.2) is 0 Å². The van der Waals surface area contributed by atoms with Gasteiger partial charge in [-0.3, -0.25) is 14.5 Å². The van der Waals surface area contributed by atoms with E-state index in [1.807, 2.05) is 24.3 Å². The Bertz CT molecular complexity index is 1780. The molecule has 0 aliphatic carbocycles. The normalized spacial score (nSPS) is 12.3. The van der Waals surface area contributed by atoms with E-state index in [0.717, 1.165) is 75.0 Å². The van der Waals surface area contributed by atoms with Crippen molar-refractivity contribution in [3.05, 3.63) is 60.7 Å². The number of ether oxygens (including phenoxy) is 2. The third kappa shape index (κ3) is 35.2. The molecule has 0 saturated heterocycles. The van der Waals surface area contributed by atoms with Gasteiger partial charge in [-0.15, -0.1) is 0 Å². The number of hydrogen-bond acceptors (Lipinski definition) is 14. The van der Waals surface area contributed by atoms with Crippen molar-refractivity contribution in [2.75, 3.05) is 65.6 Å². The zero-order valence-electron chi connectivity index (χ0n) is 35.7. The molecule has 0 saturated carbocycles. The van der Waals surface area contributed by atoms with E-state index in [-0.39, 0.29) is 25.0 Å². The Balaban J connectivity index is 0. The highest BCUT2D eigenvalue weighted by molar-refractivity contribution is 6.12. The van der Waals surface area contributed by atoms with Gasteiger partial charge >= 0.3 is 48.6 Å². The van der Waals surface area contributed by atoms with Crippen molar-refractivity contribution < 1.29 is 111 Å². The number of azo groups is 1. The molecule has 19 nitrogen and oxygen atoms in total. The summed E-state index contributed by atoms with van der Waals surface area (Å²) in [5, 5.41) is 47.3. The van der Waals surface area contributed by atoms with Crippen LogP contribution >= 0.6 is 0 Å². The minimum Gasteiger partial charge on any atom is -0.492 e. The molecule has 2 aromatic carbocycles. The first-order valence-electron chi connectivity index (χ1n) is 19.4. The second-order valence-corrected chi connectivity index (χ2v) is 12.7. The number of amides is 2. The average molecular weight is 1020 g/mol. The van der Waals surface area contributed by atoms with Crippen molar-refractivity contribution >= 4 is 47.1 Å². The SMILES string of the molecule is NCCCNCCCCNCCCNCCOc1ccc(N=Nc2ccc(OCCN3C(=O)C=CC3=O)cc2)cc1.O=C(O)C(F)(F)F.O=C(O)C(F)(F)F.O=C(O)C(F)(F)F.O=C(O)C(F)(F)F. The molecule has 0 radical (unpaired) electrons. The van der Waals surface area contributed by atoms with Gasteiger partial charge in [-0.1, -0.05) is 0 Å². The lowest BCUT2D eigenvalue weighted by atomic mass is 10.3. The summed E-state index contributed by atoms with van der Waals surface area (Å²) in [4.78, 5) is 59.8. The van der Waals surface area contributed by atoms with Gasteiger partial charge in [-0.05, 0) is 113 Å². The Morgan fingerprint density at radius 1 is 0.493 bits per heavy atom. The number of alkyl halides is 12. The molecule has 1 aliphatic rings.